The Kier molecular flexibility index (Phi) is 3.11. The maximum Gasteiger partial charge on any atom is 0.274 e. The van der Waals surface area contributed by atoms with E-state index in [0.29, 0.717) is 31.6 Å². The number of primary amides is 1. The van der Waals surface area contributed by atoms with Crippen molar-refractivity contribution in [1.82, 2.24) is 14.7 Å². The van der Waals surface area contributed by atoms with Crippen LogP contribution in [0.3, 0.4) is 0 Å². The molecule has 0 aliphatic carbocycles. The van der Waals surface area contributed by atoms with Crippen LogP contribution in [-0.2, 0) is 11.8 Å². The second-order valence-corrected chi connectivity index (χ2v) is 5.09. The minimum atomic E-state index is -0.485. The van der Waals surface area contributed by atoms with Crippen molar-refractivity contribution in [1.29, 1.82) is 0 Å². The van der Waals surface area contributed by atoms with E-state index >= 15 is 0 Å². The zero-order valence-electron chi connectivity index (χ0n) is 10.7. The smallest absolute Gasteiger partial charge is 0.274 e. The first kappa shape index (κ1) is 12.6. The van der Waals surface area contributed by atoms with E-state index in [0.717, 1.165) is 0 Å². The van der Waals surface area contributed by atoms with Crippen LogP contribution in [0.25, 0.3) is 0 Å². The Hall–Kier alpha value is -1.85. The molecule has 6 nitrogen and oxygen atoms in total. The van der Waals surface area contributed by atoms with E-state index in [4.69, 9.17) is 5.73 Å². The van der Waals surface area contributed by atoms with Gasteiger partial charge in [0.1, 0.15) is 5.69 Å². The van der Waals surface area contributed by atoms with Crippen molar-refractivity contribution >= 4 is 11.8 Å². The van der Waals surface area contributed by atoms with E-state index in [1.807, 2.05) is 6.92 Å². The highest BCUT2D eigenvalue weighted by molar-refractivity contribution is 5.92. The third-order valence-electron chi connectivity index (χ3n) is 3.68. The first-order valence-electron chi connectivity index (χ1n) is 6.01. The first-order valence-corrected chi connectivity index (χ1v) is 6.01. The average Bonchev–Trinajstić information content (AvgIpc) is 2.76. The molecule has 1 aliphatic rings. The second-order valence-electron chi connectivity index (χ2n) is 5.09. The van der Waals surface area contributed by atoms with Crippen molar-refractivity contribution in [2.45, 2.75) is 19.8 Å². The number of hydrogen-bond acceptors (Lipinski definition) is 3. The lowest BCUT2D eigenvalue weighted by Gasteiger charge is -2.36. The fourth-order valence-corrected chi connectivity index (χ4v) is 2.14. The lowest BCUT2D eigenvalue weighted by Crippen LogP contribution is -2.47. The Morgan fingerprint density at radius 2 is 2.00 bits per heavy atom. The number of hydrogen-bond donors (Lipinski definition) is 1. The summed E-state index contributed by atoms with van der Waals surface area (Å²) in [5.74, 6) is -0.366. The van der Waals surface area contributed by atoms with E-state index in [1.165, 1.54) is 0 Å². The van der Waals surface area contributed by atoms with Crippen molar-refractivity contribution in [2.75, 3.05) is 13.1 Å². The lowest BCUT2D eigenvalue weighted by atomic mass is 9.80. The van der Waals surface area contributed by atoms with Gasteiger partial charge in [-0.25, -0.2) is 0 Å². The number of likely N-dealkylation sites (tertiary alicyclic amines) is 1. The highest BCUT2D eigenvalue weighted by Gasteiger charge is 2.36. The van der Waals surface area contributed by atoms with Gasteiger partial charge in [-0.1, -0.05) is 6.92 Å². The number of carbonyl (C=O) groups is 2. The van der Waals surface area contributed by atoms with Gasteiger partial charge in [-0.2, -0.15) is 5.10 Å². The summed E-state index contributed by atoms with van der Waals surface area (Å²) in [6.45, 7) is 2.96. The molecule has 2 amide bonds. The summed E-state index contributed by atoms with van der Waals surface area (Å²) >= 11 is 0. The van der Waals surface area contributed by atoms with E-state index in [-0.39, 0.29) is 11.8 Å². The Bertz CT molecular complexity index is 472. The van der Waals surface area contributed by atoms with Gasteiger partial charge in [0, 0.05) is 31.7 Å². The quantitative estimate of drug-likeness (QED) is 0.811. The van der Waals surface area contributed by atoms with E-state index in [1.54, 1.807) is 28.9 Å². The minimum Gasteiger partial charge on any atom is -0.369 e. The molecule has 0 saturated carbocycles. The molecule has 0 aromatic carbocycles. The highest BCUT2D eigenvalue weighted by atomic mass is 16.2. The van der Waals surface area contributed by atoms with Gasteiger partial charge in [0.2, 0.25) is 5.91 Å². The van der Waals surface area contributed by atoms with Crippen LogP contribution in [-0.4, -0.2) is 39.6 Å². The fourth-order valence-electron chi connectivity index (χ4n) is 2.14. The summed E-state index contributed by atoms with van der Waals surface area (Å²) in [6, 6.07) is 1.70. The molecule has 6 heteroatoms. The summed E-state index contributed by atoms with van der Waals surface area (Å²) in [7, 11) is 1.77. The number of nitrogens with two attached hydrogens (primary N) is 1. The zero-order chi connectivity index (χ0) is 13.3. The number of piperidine rings is 1. The minimum absolute atomic E-state index is 0.0814. The largest absolute Gasteiger partial charge is 0.369 e. The van der Waals surface area contributed by atoms with Crippen LogP contribution >= 0.6 is 0 Å². The first-order chi connectivity index (χ1) is 8.42. The van der Waals surface area contributed by atoms with Gasteiger partial charge in [0.15, 0.2) is 0 Å². The number of nitrogens with zero attached hydrogens (tertiary/aromatic N) is 3. The summed E-state index contributed by atoms with van der Waals surface area (Å²) in [5.41, 5.74) is 5.34. The van der Waals surface area contributed by atoms with Gasteiger partial charge in [0.05, 0.1) is 0 Å². The molecule has 1 aliphatic heterocycles. The Labute approximate surface area is 106 Å². The van der Waals surface area contributed by atoms with Crippen molar-refractivity contribution in [3.63, 3.8) is 0 Å². The van der Waals surface area contributed by atoms with Crippen molar-refractivity contribution in [3.05, 3.63) is 18.0 Å². The van der Waals surface area contributed by atoms with Crippen molar-refractivity contribution in [3.8, 4) is 0 Å². The molecule has 2 N–H and O–H groups in total. The number of amides is 2. The topological polar surface area (TPSA) is 81.2 Å². The van der Waals surface area contributed by atoms with Gasteiger partial charge in [0.25, 0.3) is 5.91 Å². The van der Waals surface area contributed by atoms with Crippen LogP contribution in [0.15, 0.2) is 12.3 Å². The fraction of sp³-hybridized carbons (Fsp3) is 0.583. The van der Waals surface area contributed by atoms with Crippen LogP contribution in [0.5, 0.6) is 0 Å². The van der Waals surface area contributed by atoms with Gasteiger partial charge >= 0.3 is 0 Å². The van der Waals surface area contributed by atoms with Crippen LogP contribution in [0.4, 0.5) is 0 Å². The molecule has 2 heterocycles. The molecular weight excluding hydrogens is 232 g/mol. The van der Waals surface area contributed by atoms with E-state index in [2.05, 4.69) is 5.10 Å². The molecule has 0 bridgehead atoms. The van der Waals surface area contributed by atoms with Gasteiger partial charge < -0.3 is 10.6 Å². The highest BCUT2D eigenvalue weighted by Crippen LogP contribution is 2.30. The predicted octanol–water partition coefficient (Wildman–Crippen LogP) is 0.148. The van der Waals surface area contributed by atoms with Gasteiger partial charge in [-0.05, 0) is 18.9 Å². The predicted molar refractivity (Wildman–Crippen MR) is 65.6 cm³/mol. The Morgan fingerprint density at radius 3 is 2.44 bits per heavy atom. The van der Waals surface area contributed by atoms with Gasteiger partial charge in [-0.3, -0.25) is 14.3 Å². The third kappa shape index (κ3) is 2.23. The number of aryl methyl sites for hydroxylation is 1. The molecule has 0 unspecified atom stereocenters. The number of aromatic nitrogens is 2. The van der Waals surface area contributed by atoms with E-state index in [9.17, 15) is 9.59 Å². The third-order valence-corrected chi connectivity index (χ3v) is 3.68. The average molecular weight is 250 g/mol. The molecular formula is C12H18N4O2. The Morgan fingerprint density at radius 1 is 1.39 bits per heavy atom. The molecule has 18 heavy (non-hydrogen) atoms. The van der Waals surface area contributed by atoms with Crippen LogP contribution in [0, 0.1) is 5.41 Å². The van der Waals surface area contributed by atoms with E-state index < -0.39 is 5.41 Å². The maximum absolute atomic E-state index is 12.1. The molecule has 98 valence electrons. The standard InChI is InChI=1S/C12H18N4O2/c1-12(11(13)18)4-7-16(8-5-12)10(17)9-3-6-15(2)14-9/h3,6H,4-5,7-8H2,1-2H3,(H2,13,18). The summed E-state index contributed by atoms with van der Waals surface area (Å²) < 4.78 is 1.60. The SMILES string of the molecule is Cn1ccc(C(=O)N2CCC(C)(C(N)=O)CC2)n1. The van der Waals surface area contributed by atoms with Crippen molar-refractivity contribution in [2.24, 2.45) is 18.2 Å². The molecule has 1 aromatic heterocycles. The summed E-state index contributed by atoms with van der Waals surface area (Å²) in [5, 5.41) is 4.09. The van der Waals surface area contributed by atoms with Crippen LogP contribution < -0.4 is 5.73 Å². The summed E-state index contributed by atoms with van der Waals surface area (Å²) in [4.78, 5) is 25.2. The second kappa shape index (κ2) is 4.44. The van der Waals surface area contributed by atoms with Crippen molar-refractivity contribution < 1.29 is 9.59 Å². The Balaban J connectivity index is 2.02. The molecule has 0 radical (unpaired) electrons. The normalized spacial score (nSPS) is 18.7. The molecule has 1 saturated heterocycles. The molecule has 2 rings (SSSR count). The van der Waals surface area contributed by atoms with Crippen LogP contribution in [0.1, 0.15) is 30.3 Å². The summed E-state index contributed by atoms with van der Waals surface area (Å²) in [6.07, 6.45) is 2.96. The molecule has 0 atom stereocenters. The molecule has 1 aromatic rings. The maximum atomic E-state index is 12.1. The molecule has 1 fully saturated rings. The van der Waals surface area contributed by atoms with Gasteiger partial charge in [-0.15, -0.1) is 0 Å². The number of rotatable bonds is 2. The number of carbonyl (C=O) groups excluding carboxylic acids is 2. The van der Waals surface area contributed by atoms with Crippen LogP contribution in [0.2, 0.25) is 0 Å². The zero-order valence-corrected chi connectivity index (χ0v) is 10.7. The monoisotopic (exact) mass is 250 g/mol. The lowest BCUT2D eigenvalue weighted by molar-refractivity contribution is -0.129. The molecule has 0 spiro atoms.